The van der Waals surface area contributed by atoms with E-state index in [0.29, 0.717) is 0 Å². The van der Waals surface area contributed by atoms with Crippen LogP contribution < -0.4 is 0 Å². The monoisotopic (exact) mass is 214 g/mol. The van der Waals surface area contributed by atoms with E-state index >= 15 is 0 Å². The van der Waals surface area contributed by atoms with Crippen molar-refractivity contribution in [2.24, 2.45) is 0 Å². The standard InChI is InChI=1S/C10H14O3S/c1-10(2,3)14(12)7-8(11)9-5-4-6-13-9/h4-6H,7H2,1-3H3. The fraction of sp³-hybridized carbons (Fsp3) is 0.500. The molecule has 0 aliphatic carbocycles. The minimum atomic E-state index is -1.16. The molecule has 3 nitrogen and oxygen atoms in total. The molecule has 0 bridgehead atoms. The fourth-order valence-electron chi connectivity index (χ4n) is 0.844. The van der Waals surface area contributed by atoms with E-state index in [1.807, 2.05) is 20.8 Å². The molecule has 0 saturated heterocycles. The summed E-state index contributed by atoms with van der Waals surface area (Å²) in [5, 5.41) is 0. The lowest BCUT2D eigenvalue weighted by Crippen LogP contribution is -2.27. The van der Waals surface area contributed by atoms with Crippen molar-refractivity contribution < 1.29 is 13.4 Å². The van der Waals surface area contributed by atoms with E-state index in [0.717, 1.165) is 0 Å². The van der Waals surface area contributed by atoms with Gasteiger partial charge in [0.2, 0.25) is 5.78 Å². The van der Waals surface area contributed by atoms with Gasteiger partial charge in [-0.2, -0.15) is 0 Å². The highest BCUT2D eigenvalue weighted by Crippen LogP contribution is 2.13. The van der Waals surface area contributed by atoms with Crippen molar-refractivity contribution in [3.05, 3.63) is 24.2 Å². The number of carbonyl (C=O) groups excluding carboxylic acids is 1. The molecule has 0 aliphatic rings. The van der Waals surface area contributed by atoms with Gasteiger partial charge in [0, 0.05) is 15.5 Å². The Balaban J connectivity index is 2.63. The molecular formula is C10H14O3S. The Morgan fingerprint density at radius 1 is 1.50 bits per heavy atom. The number of Topliss-reactive ketones (excluding diaryl/α,β-unsaturated/α-hetero) is 1. The minimum absolute atomic E-state index is 0.0248. The molecule has 1 heterocycles. The molecule has 0 fully saturated rings. The molecule has 78 valence electrons. The van der Waals surface area contributed by atoms with E-state index in [1.165, 1.54) is 6.26 Å². The van der Waals surface area contributed by atoms with Crippen LogP contribution in [0.5, 0.6) is 0 Å². The van der Waals surface area contributed by atoms with Crippen LogP contribution in [0.25, 0.3) is 0 Å². The van der Waals surface area contributed by atoms with E-state index in [-0.39, 0.29) is 22.0 Å². The molecule has 0 saturated carbocycles. The minimum Gasteiger partial charge on any atom is -0.461 e. The Labute approximate surface area is 86.0 Å². The van der Waals surface area contributed by atoms with Crippen molar-refractivity contribution in [2.45, 2.75) is 25.5 Å². The molecule has 4 heteroatoms. The smallest absolute Gasteiger partial charge is 0.210 e. The van der Waals surface area contributed by atoms with Crippen molar-refractivity contribution in [2.75, 3.05) is 5.75 Å². The van der Waals surface area contributed by atoms with Crippen molar-refractivity contribution >= 4 is 16.6 Å². The number of ketones is 1. The number of hydrogen-bond donors (Lipinski definition) is 0. The van der Waals surface area contributed by atoms with Crippen LogP contribution in [-0.2, 0) is 10.8 Å². The topological polar surface area (TPSA) is 47.3 Å². The van der Waals surface area contributed by atoms with Crippen LogP contribution in [0.4, 0.5) is 0 Å². The first kappa shape index (κ1) is 11.2. The van der Waals surface area contributed by atoms with Gasteiger partial charge < -0.3 is 4.42 Å². The van der Waals surface area contributed by atoms with Gasteiger partial charge in [-0.15, -0.1) is 0 Å². The van der Waals surface area contributed by atoms with Gasteiger partial charge in [0.1, 0.15) is 0 Å². The molecule has 0 aliphatic heterocycles. The first-order valence-electron chi connectivity index (χ1n) is 4.36. The Kier molecular flexibility index (Phi) is 3.26. The van der Waals surface area contributed by atoms with Crippen molar-refractivity contribution in [3.63, 3.8) is 0 Å². The molecule has 0 aromatic carbocycles. The molecule has 1 aromatic heterocycles. The molecule has 1 unspecified atom stereocenters. The highest BCUT2D eigenvalue weighted by Gasteiger charge is 2.23. The molecule has 0 spiro atoms. The lowest BCUT2D eigenvalue weighted by Gasteiger charge is -2.16. The quantitative estimate of drug-likeness (QED) is 0.723. The van der Waals surface area contributed by atoms with Gasteiger partial charge in [-0.1, -0.05) is 0 Å². The van der Waals surface area contributed by atoms with Gasteiger partial charge in [-0.3, -0.25) is 9.00 Å². The first-order valence-corrected chi connectivity index (χ1v) is 5.68. The zero-order valence-corrected chi connectivity index (χ0v) is 9.39. The summed E-state index contributed by atoms with van der Waals surface area (Å²) >= 11 is 0. The lowest BCUT2D eigenvalue weighted by molar-refractivity contribution is 0.0991. The third-order valence-electron chi connectivity index (χ3n) is 1.74. The third kappa shape index (κ3) is 2.80. The van der Waals surface area contributed by atoms with Gasteiger partial charge in [0.05, 0.1) is 12.0 Å². The maximum absolute atomic E-state index is 11.6. The normalized spacial score (nSPS) is 13.9. The van der Waals surface area contributed by atoms with Crippen LogP contribution >= 0.6 is 0 Å². The van der Waals surface area contributed by atoms with Gasteiger partial charge in [-0.05, 0) is 32.9 Å². The van der Waals surface area contributed by atoms with Crippen molar-refractivity contribution in [3.8, 4) is 0 Å². The molecule has 1 aromatic rings. The summed E-state index contributed by atoms with van der Waals surface area (Å²) in [6.07, 6.45) is 1.44. The maximum atomic E-state index is 11.6. The molecule has 0 amide bonds. The number of furan rings is 1. The molecule has 1 atom stereocenters. The van der Waals surface area contributed by atoms with Crippen LogP contribution in [0.2, 0.25) is 0 Å². The van der Waals surface area contributed by atoms with Crippen molar-refractivity contribution in [1.29, 1.82) is 0 Å². The Morgan fingerprint density at radius 3 is 2.57 bits per heavy atom. The van der Waals surface area contributed by atoms with Gasteiger partial charge >= 0.3 is 0 Å². The fourth-order valence-corrected chi connectivity index (χ4v) is 1.66. The van der Waals surface area contributed by atoms with Gasteiger partial charge in [-0.25, -0.2) is 0 Å². The first-order chi connectivity index (χ1) is 6.41. The van der Waals surface area contributed by atoms with E-state index in [9.17, 15) is 9.00 Å². The largest absolute Gasteiger partial charge is 0.461 e. The number of hydrogen-bond acceptors (Lipinski definition) is 3. The Bertz CT molecular complexity index is 333. The highest BCUT2D eigenvalue weighted by atomic mass is 32.2. The van der Waals surface area contributed by atoms with E-state index in [2.05, 4.69) is 0 Å². The molecule has 0 N–H and O–H groups in total. The average molecular weight is 214 g/mol. The van der Waals surface area contributed by atoms with E-state index in [4.69, 9.17) is 4.42 Å². The Morgan fingerprint density at radius 2 is 2.14 bits per heavy atom. The second kappa shape index (κ2) is 4.09. The third-order valence-corrected chi connectivity index (χ3v) is 3.63. The van der Waals surface area contributed by atoms with Crippen molar-refractivity contribution in [1.82, 2.24) is 0 Å². The SMILES string of the molecule is CC(C)(C)S(=O)CC(=O)c1ccco1. The molecule has 1 rings (SSSR count). The number of rotatable bonds is 3. The van der Waals surface area contributed by atoms with Crippen LogP contribution in [-0.4, -0.2) is 20.5 Å². The predicted molar refractivity (Wildman–Crippen MR) is 55.8 cm³/mol. The zero-order chi connectivity index (χ0) is 10.8. The second-order valence-corrected chi connectivity index (χ2v) is 6.21. The van der Waals surface area contributed by atoms with Crippen LogP contribution in [0.3, 0.4) is 0 Å². The summed E-state index contributed by atoms with van der Waals surface area (Å²) < 4.78 is 16.2. The molecular weight excluding hydrogens is 200 g/mol. The van der Waals surface area contributed by atoms with Gasteiger partial charge in [0.15, 0.2) is 5.76 Å². The summed E-state index contributed by atoms with van der Waals surface area (Å²) in [5.74, 6) is 0.0997. The summed E-state index contributed by atoms with van der Waals surface area (Å²) in [4.78, 5) is 11.5. The lowest BCUT2D eigenvalue weighted by atomic mass is 10.3. The molecule has 0 radical (unpaired) electrons. The second-order valence-electron chi connectivity index (χ2n) is 4.00. The predicted octanol–water partition coefficient (Wildman–Crippen LogP) is 2.01. The average Bonchev–Trinajstić information content (AvgIpc) is 2.53. The van der Waals surface area contributed by atoms with E-state index < -0.39 is 10.8 Å². The zero-order valence-electron chi connectivity index (χ0n) is 8.57. The highest BCUT2D eigenvalue weighted by molar-refractivity contribution is 7.87. The number of carbonyl (C=O) groups is 1. The summed E-state index contributed by atoms with van der Waals surface area (Å²) in [6, 6.07) is 3.23. The van der Waals surface area contributed by atoms with Crippen LogP contribution in [0.15, 0.2) is 22.8 Å². The summed E-state index contributed by atoms with van der Waals surface area (Å²) in [7, 11) is -1.16. The van der Waals surface area contributed by atoms with Crippen LogP contribution in [0.1, 0.15) is 31.3 Å². The summed E-state index contributed by atoms with van der Waals surface area (Å²) in [5.41, 5.74) is 0. The van der Waals surface area contributed by atoms with Crippen LogP contribution in [0, 0.1) is 0 Å². The summed E-state index contributed by atoms with van der Waals surface area (Å²) in [6.45, 7) is 5.54. The Hall–Kier alpha value is -0.900. The van der Waals surface area contributed by atoms with Gasteiger partial charge in [0.25, 0.3) is 0 Å². The molecule has 14 heavy (non-hydrogen) atoms. The maximum Gasteiger partial charge on any atom is 0.210 e. The van der Waals surface area contributed by atoms with E-state index in [1.54, 1.807) is 12.1 Å².